The third-order valence-electron chi connectivity index (χ3n) is 4.05. The first kappa shape index (κ1) is 20.0. The molecule has 0 bridgehead atoms. The molecule has 1 atom stereocenters. The Bertz CT molecular complexity index is 785. The highest BCUT2D eigenvalue weighted by Gasteiger charge is 2.33. The second-order valence-electron chi connectivity index (χ2n) is 5.96. The van der Waals surface area contributed by atoms with Crippen LogP contribution in [0.1, 0.15) is 6.92 Å². The quantitative estimate of drug-likeness (QED) is 0.659. The number of carbonyl (C=O) groups is 2. The zero-order valence-electron chi connectivity index (χ0n) is 15.6. The molecule has 0 N–H and O–H groups in total. The number of benzene rings is 1. The summed E-state index contributed by atoms with van der Waals surface area (Å²) in [5.41, 5.74) is 0. The van der Waals surface area contributed by atoms with Gasteiger partial charge in [-0.1, -0.05) is 6.07 Å². The second-order valence-corrected chi connectivity index (χ2v) is 7.11. The molecule has 2 heterocycles. The molecule has 1 fully saturated rings. The third-order valence-corrected chi connectivity index (χ3v) is 5.08. The summed E-state index contributed by atoms with van der Waals surface area (Å²) >= 11 is 1.64. The number of nitrogens with zero attached hydrogens (tertiary/aromatic N) is 2. The van der Waals surface area contributed by atoms with Crippen molar-refractivity contribution >= 4 is 23.6 Å². The fourth-order valence-electron chi connectivity index (χ4n) is 2.70. The topological polar surface area (TPSA) is 78.0 Å². The summed E-state index contributed by atoms with van der Waals surface area (Å²) in [5.74, 6) is 2.41. The van der Waals surface area contributed by atoms with E-state index in [0.717, 1.165) is 5.75 Å². The van der Waals surface area contributed by atoms with Gasteiger partial charge in [-0.2, -0.15) is 11.8 Å². The Morgan fingerprint density at radius 2 is 1.96 bits per heavy atom. The lowest BCUT2D eigenvalue weighted by Crippen LogP contribution is -2.52. The number of hydrogen-bond donors (Lipinski definition) is 0. The molecule has 0 unspecified atom stereocenters. The van der Waals surface area contributed by atoms with Gasteiger partial charge in [0.25, 0.3) is 5.91 Å². The van der Waals surface area contributed by atoms with E-state index in [1.54, 1.807) is 60.1 Å². The van der Waals surface area contributed by atoms with Crippen LogP contribution in [0.15, 0.2) is 48.7 Å². The lowest BCUT2D eigenvalue weighted by Gasteiger charge is -2.33. The van der Waals surface area contributed by atoms with Crippen molar-refractivity contribution in [3.05, 3.63) is 48.7 Å². The van der Waals surface area contributed by atoms with Gasteiger partial charge >= 0.3 is 5.97 Å². The van der Waals surface area contributed by atoms with Crippen molar-refractivity contribution in [2.45, 2.75) is 13.0 Å². The number of esters is 1. The molecule has 0 saturated carbocycles. The fourth-order valence-corrected chi connectivity index (χ4v) is 3.73. The van der Waals surface area contributed by atoms with Gasteiger partial charge in [0.2, 0.25) is 5.88 Å². The molecule has 1 aliphatic rings. The minimum absolute atomic E-state index is 0.138. The Kier molecular flexibility index (Phi) is 7.13. The molecule has 0 spiro atoms. The largest absolute Gasteiger partial charge is 0.484 e. The lowest BCUT2D eigenvalue weighted by molar-refractivity contribution is -0.154. The van der Waals surface area contributed by atoms with Gasteiger partial charge in [-0.3, -0.25) is 4.79 Å². The Labute approximate surface area is 168 Å². The Morgan fingerprint density at radius 3 is 2.68 bits per heavy atom. The smallest absolute Gasteiger partial charge is 0.329 e. The van der Waals surface area contributed by atoms with Crippen molar-refractivity contribution in [2.75, 3.05) is 31.3 Å². The monoisotopic (exact) mass is 402 g/mol. The van der Waals surface area contributed by atoms with Crippen molar-refractivity contribution in [3.63, 3.8) is 0 Å². The van der Waals surface area contributed by atoms with Crippen LogP contribution in [0.25, 0.3) is 0 Å². The van der Waals surface area contributed by atoms with E-state index in [0.29, 0.717) is 36.3 Å². The van der Waals surface area contributed by atoms with Gasteiger partial charge in [-0.05, 0) is 37.3 Å². The highest BCUT2D eigenvalue weighted by Crippen LogP contribution is 2.23. The molecule has 0 aliphatic carbocycles. The van der Waals surface area contributed by atoms with Crippen LogP contribution in [0.5, 0.6) is 17.4 Å². The predicted molar refractivity (Wildman–Crippen MR) is 106 cm³/mol. The number of thioether (sulfide) groups is 1. The molecule has 1 aromatic carbocycles. The first-order valence-corrected chi connectivity index (χ1v) is 10.2. The fraction of sp³-hybridized carbons (Fsp3) is 0.350. The SMILES string of the molecule is CCOC(=O)[C@H]1CSCCN1C(=O)COc1ccc(Oc2ccccn2)cc1. The molecule has 1 amide bonds. The van der Waals surface area contributed by atoms with Crippen molar-refractivity contribution in [3.8, 4) is 17.4 Å². The average molecular weight is 402 g/mol. The Hall–Kier alpha value is -2.74. The maximum absolute atomic E-state index is 12.5. The highest BCUT2D eigenvalue weighted by atomic mass is 32.2. The average Bonchev–Trinajstić information content (AvgIpc) is 2.74. The van der Waals surface area contributed by atoms with Gasteiger partial charge in [-0.25, -0.2) is 9.78 Å². The standard InChI is InChI=1S/C20H22N2O5S/c1-2-25-20(24)17-14-28-12-11-22(17)19(23)13-26-15-6-8-16(9-7-15)27-18-5-3-4-10-21-18/h3-10,17H,2,11-14H2,1H3/t17-/m1/s1. The summed E-state index contributed by atoms with van der Waals surface area (Å²) in [6.07, 6.45) is 1.65. The van der Waals surface area contributed by atoms with E-state index in [-0.39, 0.29) is 18.5 Å². The molecular weight excluding hydrogens is 380 g/mol. The number of carbonyl (C=O) groups excluding carboxylic acids is 2. The maximum atomic E-state index is 12.5. The lowest BCUT2D eigenvalue weighted by atomic mass is 10.2. The zero-order valence-corrected chi connectivity index (χ0v) is 16.4. The van der Waals surface area contributed by atoms with E-state index in [9.17, 15) is 9.59 Å². The molecule has 3 rings (SSSR count). The van der Waals surface area contributed by atoms with Crippen LogP contribution in [-0.4, -0.2) is 59.1 Å². The van der Waals surface area contributed by atoms with E-state index in [1.165, 1.54) is 0 Å². The van der Waals surface area contributed by atoms with Crippen LogP contribution in [0.3, 0.4) is 0 Å². The predicted octanol–water partition coefficient (Wildman–Crippen LogP) is 2.76. The van der Waals surface area contributed by atoms with Gasteiger partial charge < -0.3 is 19.1 Å². The molecule has 28 heavy (non-hydrogen) atoms. The van der Waals surface area contributed by atoms with Crippen LogP contribution in [-0.2, 0) is 14.3 Å². The van der Waals surface area contributed by atoms with Gasteiger partial charge in [0.1, 0.15) is 17.5 Å². The van der Waals surface area contributed by atoms with Gasteiger partial charge in [0.05, 0.1) is 6.61 Å². The molecule has 148 valence electrons. The number of rotatable bonds is 7. The van der Waals surface area contributed by atoms with Gasteiger partial charge in [0, 0.05) is 30.3 Å². The van der Waals surface area contributed by atoms with E-state index in [4.69, 9.17) is 14.2 Å². The molecule has 1 saturated heterocycles. The third kappa shape index (κ3) is 5.39. The van der Waals surface area contributed by atoms with Crippen LogP contribution < -0.4 is 9.47 Å². The van der Waals surface area contributed by atoms with E-state index < -0.39 is 6.04 Å². The summed E-state index contributed by atoms with van der Waals surface area (Å²) < 4.78 is 16.3. The summed E-state index contributed by atoms with van der Waals surface area (Å²) in [4.78, 5) is 30.3. The van der Waals surface area contributed by atoms with Crippen LogP contribution in [0.2, 0.25) is 0 Å². The molecule has 1 aromatic heterocycles. The Balaban J connectivity index is 1.54. The number of aromatic nitrogens is 1. The maximum Gasteiger partial charge on any atom is 0.329 e. The first-order valence-electron chi connectivity index (χ1n) is 9.03. The summed E-state index contributed by atoms with van der Waals surface area (Å²) in [6, 6.07) is 11.8. The molecule has 1 aliphatic heterocycles. The van der Waals surface area contributed by atoms with Crippen molar-refractivity contribution < 1.29 is 23.8 Å². The second kappa shape index (κ2) is 9.98. The molecule has 7 nitrogen and oxygen atoms in total. The van der Waals surface area contributed by atoms with Crippen LogP contribution >= 0.6 is 11.8 Å². The summed E-state index contributed by atoms with van der Waals surface area (Å²) in [7, 11) is 0. The van der Waals surface area contributed by atoms with Crippen molar-refractivity contribution in [2.24, 2.45) is 0 Å². The summed E-state index contributed by atoms with van der Waals surface area (Å²) in [5, 5.41) is 0. The molecule has 8 heteroatoms. The molecule has 2 aromatic rings. The van der Waals surface area contributed by atoms with E-state index >= 15 is 0 Å². The minimum Gasteiger partial charge on any atom is -0.484 e. The number of pyridine rings is 1. The van der Waals surface area contributed by atoms with Crippen LogP contribution in [0, 0.1) is 0 Å². The van der Waals surface area contributed by atoms with Crippen LogP contribution in [0.4, 0.5) is 0 Å². The zero-order chi connectivity index (χ0) is 19.8. The number of ether oxygens (including phenoxy) is 3. The Morgan fingerprint density at radius 1 is 1.18 bits per heavy atom. The molecular formula is C20H22N2O5S. The van der Waals surface area contributed by atoms with E-state index in [1.807, 2.05) is 12.1 Å². The minimum atomic E-state index is -0.552. The van der Waals surface area contributed by atoms with Crippen molar-refractivity contribution in [1.29, 1.82) is 0 Å². The highest BCUT2D eigenvalue weighted by molar-refractivity contribution is 7.99. The van der Waals surface area contributed by atoms with Crippen molar-refractivity contribution in [1.82, 2.24) is 9.88 Å². The van der Waals surface area contributed by atoms with E-state index in [2.05, 4.69) is 4.98 Å². The number of amides is 1. The summed E-state index contributed by atoms with van der Waals surface area (Å²) in [6.45, 7) is 2.42. The number of hydrogen-bond acceptors (Lipinski definition) is 7. The molecule has 0 radical (unpaired) electrons. The van der Waals surface area contributed by atoms with Gasteiger partial charge in [-0.15, -0.1) is 0 Å². The van der Waals surface area contributed by atoms with Gasteiger partial charge in [0.15, 0.2) is 6.61 Å². The first-order chi connectivity index (χ1) is 13.7. The normalized spacial score (nSPS) is 16.3.